The van der Waals surface area contributed by atoms with Crippen LogP contribution in [0.3, 0.4) is 0 Å². The van der Waals surface area contributed by atoms with Crippen molar-refractivity contribution in [2.75, 3.05) is 5.32 Å². The van der Waals surface area contributed by atoms with Gasteiger partial charge in [0.15, 0.2) is 0 Å². The Morgan fingerprint density at radius 3 is 2.73 bits per heavy atom. The molecule has 3 heteroatoms. The zero-order chi connectivity index (χ0) is 10.5. The lowest BCUT2D eigenvalue weighted by Gasteiger charge is -2.03. The molecule has 0 bridgehead atoms. The van der Waals surface area contributed by atoms with Crippen LogP contribution < -0.4 is 5.32 Å². The minimum atomic E-state index is 0.718. The van der Waals surface area contributed by atoms with Crippen LogP contribution in [0.5, 0.6) is 0 Å². The number of nitriles is 1. The molecule has 1 heterocycles. The molecule has 0 saturated heterocycles. The quantitative estimate of drug-likeness (QED) is 0.851. The summed E-state index contributed by atoms with van der Waals surface area (Å²) in [5.74, 6) is 0. The van der Waals surface area contributed by atoms with E-state index in [1.54, 1.807) is 11.3 Å². The Bertz CT molecular complexity index is 468. The number of anilines is 1. The van der Waals surface area contributed by atoms with Gasteiger partial charge in [0.2, 0.25) is 0 Å². The summed E-state index contributed by atoms with van der Waals surface area (Å²) in [7, 11) is 0. The summed E-state index contributed by atoms with van der Waals surface area (Å²) >= 11 is 1.56. The monoisotopic (exact) mass is 214 g/mol. The van der Waals surface area contributed by atoms with Crippen molar-refractivity contribution in [1.82, 2.24) is 0 Å². The Hall–Kier alpha value is -1.79. The highest BCUT2D eigenvalue weighted by molar-refractivity contribution is 7.14. The van der Waals surface area contributed by atoms with Gasteiger partial charge in [-0.05, 0) is 17.0 Å². The van der Waals surface area contributed by atoms with Crippen LogP contribution in [0.2, 0.25) is 0 Å². The summed E-state index contributed by atoms with van der Waals surface area (Å²) in [6.45, 7) is 0.760. The summed E-state index contributed by atoms with van der Waals surface area (Å²) in [5.41, 5.74) is 1.94. The van der Waals surface area contributed by atoms with E-state index in [1.807, 2.05) is 29.6 Å². The van der Waals surface area contributed by atoms with Crippen molar-refractivity contribution < 1.29 is 0 Å². The van der Waals surface area contributed by atoms with Crippen LogP contribution in [0, 0.1) is 11.3 Å². The lowest BCUT2D eigenvalue weighted by molar-refractivity contribution is 1.16. The smallest absolute Gasteiger partial charge is 0.107 e. The zero-order valence-corrected chi connectivity index (χ0v) is 8.92. The maximum atomic E-state index is 8.82. The third kappa shape index (κ3) is 2.36. The van der Waals surface area contributed by atoms with Gasteiger partial charge in [-0.25, -0.2) is 0 Å². The molecule has 1 N–H and O–H groups in total. The van der Waals surface area contributed by atoms with E-state index < -0.39 is 0 Å². The molecule has 0 radical (unpaired) electrons. The third-order valence-corrected chi connectivity index (χ3v) is 2.95. The highest BCUT2D eigenvalue weighted by Crippen LogP contribution is 2.22. The van der Waals surface area contributed by atoms with Gasteiger partial charge >= 0.3 is 0 Å². The maximum Gasteiger partial charge on any atom is 0.107 e. The largest absolute Gasteiger partial charge is 0.372 e. The van der Waals surface area contributed by atoms with Crippen LogP contribution in [0.4, 0.5) is 5.00 Å². The molecule has 0 aliphatic heterocycles. The zero-order valence-electron chi connectivity index (χ0n) is 8.10. The van der Waals surface area contributed by atoms with Gasteiger partial charge in [-0.3, -0.25) is 0 Å². The standard InChI is InChI=1S/C12H10N2S/c13-8-11-6-7-15-12(11)14-9-10-4-2-1-3-5-10/h1-7,14H,9H2. The molecule has 2 rings (SSSR count). The Morgan fingerprint density at radius 1 is 1.20 bits per heavy atom. The Labute approximate surface area is 92.8 Å². The van der Waals surface area contributed by atoms with Gasteiger partial charge in [-0.2, -0.15) is 5.26 Å². The van der Waals surface area contributed by atoms with Crippen molar-refractivity contribution in [1.29, 1.82) is 5.26 Å². The first kappa shape index (κ1) is 9.75. The number of hydrogen-bond acceptors (Lipinski definition) is 3. The summed E-state index contributed by atoms with van der Waals surface area (Å²) in [6.07, 6.45) is 0. The average Bonchev–Trinajstić information content (AvgIpc) is 2.75. The highest BCUT2D eigenvalue weighted by atomic mass is 32.1. The second-order valence-electron chi connectivity index (χ2n) is 3.11. The number of rotatable bonds is 3. The molecular formula is C12H10N2S. The number of benzene rings is 1. The van der Waals surface area contributed by atoms with E-state index in [0.29, 0.717) is 0 Å². The predicted octanol–water partition coefficient (Wildman–Crippen LogP) is 3.23. The van der Waals surface area contributed by atoms with Gasteiger partial charge in [-0.15, -0.1) is 11.3 Å². The SMILES string of the molecule is N#Cc1ccsc1NCc1ccccc1. The van der Waals surface area contributed by atoms with Crippen LogP contribution in [0.25, 0.3) is 0 Å². The molecule has 0 aliphatic rings. The van der Waals surface area contributed by atoms with Crippen molar-refractivity contribution in [3.8, 4) is 6.07 Å². The molecule has 2 nitrogen and oxygen atoms in total. The first-order valence-electron chi connectivity index (χ1n) is 4.65. The molecule has 0 aliphatic carbocycles. The second kappa shape index (κ2) is 4.63. The predicted molar refractivity (Wildman–Crippen MR) is 62.8 cm³/mol. The molecule has 1 aromatic heterocycles. The van der Waals surface area contributed by atoms with Gasteiger partial charge < -0.3 is 5.32 Å². The van der Waals surface area contributed by atoms with E-state index in [0.717, 1.165) is 17.1 Å². The number of thiophene rings is 1. The summed E-state index contributed by atoms with van der Waals surface area (Å²) < 4.78 is 0. The summed E-state index contributed by atoms with van der Waals surface area (Å²) in [4.78, 5) is 0. The first-order chi connectivity index (χ1) is 7.40. The lowest BCUT2D eigenvalue weighted by Crippen LogP contribution is -1.98. The third-order valence-electron chi connectivity index (χ3n) is 2.08. The van der Waals surface area contributed by atoms with E-state index in [-0.39, 0.29) is 0 Å². The molecule has 0 spiro atoms. The van der Waals surface area contributed by atoms with Gasteiger partial charge in [0.25, 0.3) is 0 Å². The Balaban J connectivity index is 2.03. The van der Waals surface area contributed by atoms with Gasteiger partial charge in [-0.1, -0.05) is 30.3 Å². The Morgan fingerprint density at radius 2 is 2.00 bits per heavy atom. The molecule has 0 saturated carbocycles. The summed E-state index contributed by atoms with van der Waals surface area (Å²) in [6, 6.07) is 14.1. The van der Waals surface area contributed by atoms with Crippen molar-refractivity contribution in [3.63, 3.8) is 0 Å². The molecule has 74 valence electrons. The van der Waals surface area contributed by atoms with Crippen LogP contribution >= 0.6 is 11.3 Å². The number of nitrogens with one attached hydrogen (secondary N) is 1. The van der Waals surface area contributed by atoms with E-state index >= 15 is 0 Å². The molecule has 0 unspecified atom stereocenters. The van der Waals surface area contributed by atoms with E-state index in [1.165, 1.54) is 5.56 Å². The normalized spacial score (nSPS) is 9.53. The lowest BCUT2D eigenvalue weighted by atomic mass is 10.2. The molecular weight excluding hydrogens is 204 g/mol. The van der Waals surface area contributed by atoms with E-state index in [9.17, 15) is 0 Å². The fraction of sp³-hybridized carbons (Fsp3) is 0.0833. The topological polar surface area (TPSA) is 35.8 Å². The number of nitrogens with zero attached hydrogens (tertiary/aromatic N) is 1. The minimum absolute atomic E-state index is 0.718. The van der Waals surface area contributed by atoms with E-state index in [2.05, 4.69) is 23.5 Å². The number of hydrogen-bond donors (Lipinski definition) is 1. The maximum absolute atomic E-state index is 8.82. The van der Waals surface area contributed by atoms with Gasteiger partial charge in [0, 0.05) is 6.54 Å². The fourth-order valence-corrected chi connectivity index (χ4v) is 2.05. The second-order valence-corrected chi connectivity index (χ2v) is 4.03. The highest BCUT2D eigenvalue weighted by Gasteiger charge is 2.01. The molecule has 2 aromatic rings. The van der Waals surface area contributed by atoms with Gasteiger partial charge in [0.05, 0.1) is 5.56 Å². The minimum Gasteiger partial charge on any atom is -0.372 e. The van der Waals surface area contributed by atoms with Crippen molar-refractivity contribution in [2.24, 2.45) is 0 Å². The van der Waals surface area contributed by atoms with Crippen molar-refractivity contribution in [3.05, 3.63) is 52.9 Å². The Kier molecular flexibility index (Phi) is 3.01. The fourth-order valence-electron chi connectivity index (χ4n) is 1.31. The summed E-state index contributed by atoms with van der Waals surface area (Å²) in [5, 5.41) is 14.9. The van der Waals surface area contributed by atoms with Crippen LogP contribution in [-0.2, 0) is 6.54 Å². The average molecular weight is 214 g/mol. The molecule has 1 aromatic carbocycles. The van der Waals surface area contributed by atoms with E-state index in [4.69, 9.17) is 5.26 Å². The van der Waals surface area contributed by atoms with Crippen molar-refractivity contribution >= 4 is 16.3 Å². The first-order valence-corrected chi connectivity index (χ1v) is 5.53. The van der Waals surface area contributed by atoms with Gasteiger partial charge in [0.1, 0.15) is 11.1 Å². The molecule has 15 heavy (non-hydrogen) atoms. The molecule has 0 amide bonds. The van der Waals surface area contributed by atoms with Crippen molar-refractivity contribution in [2.45, 2.75) is 6.54 Å². The van der Waals surface area contributed by atoms with Crippen LogP contribution in [-0.4, -0.2) is 0 Å². The van der Waals surface area contributed by atoms with Crippen LogP contribution in [0.15, 0.2) is 41.8 Å². The molecule has 0 atom stereocenters. The molecule has 0 fully saturated rings. The van der Waals surface area contributed by atoms with Crippen LogP contribution in [0.1, 0.15) is 11.1 Å².